The zero-order chi connectivity index (χ0) is 15.1. The van der Waals surface area contributed by atoms with Gasteiger partial charge < -0.3 is 15.6 Å². The van der Waals surface area contributed by atoms with Crippen LogP contribution in [0.4, 0.5) is 0 Å². The van der Waals surface area contributed by atoms with Crippen molar-refractivity contribution >= 4 is 30.7 Å². The fourth-order valence-electron chi connectivity index (χ4n) is 4.36. The molecule has 2 atom stereocenters. The summed E-state index contributed by atoms with van der Waals surface area (Å²) in [6, 6.07) is 0.865. The third-order valence-electron chi connectivity index (χ3n) is 5.79. The normalized spacial score (nSPS) is 31.5. The van der Waals surface area contributed by atoms with E-state index in [-0.39, 0.29) is 36.6 Å². The van der Waals surface area contributed by atoms with Crippen molar-refractivity contribution in [1.29, 1.82) is 0 Å². The van der Waals surface area contributed by atoms with E-state index in [0.29, 0.717) is 30.5 Å². The van der Waals surface area contributed by atoms with Gasteiger partial charge in [-0.2, -0.15) is 0 Å². The Morgan fingerprint density at radius 3 is 2.50 bits per heavy atom. The fraction of sp³-hybridized carbons (Fsp3) is 0.812. The van der Waals surface area contributed by atoms with Crippen molar-refractivity contribution in [3.63, 3.8) is 0 Å². The molecule has 2 bridgehead atoms. The Kier molecular flexibility index (Phi) is 6.51. The molecule has 8 heteroatoms. The smallest absolute Gasteiger partial charge is 0.223 e. The van der Waals surface area contributed by atoms with Crippen LogP contribution >= 0.6 is 24.8 Å². The van der Waals surface area contributed by atoms with Crippen LogP contribution in [0.25, 0.3) is 0 Å². The molecule has 3 N–H and O–H groups in total. The Morgan fingerprint density at radius 2 is 1.88 bits per heavy atom. The first-order chi connectivity index (χ1) is 10.7. The summed E-state index contributed by atoms with van der Waals surface area (Å²) in [5.74, 6) is 2.27. The van der Waals surface area contributed by atoms with Crippen LogP contribution in [0.2, 0.25) is 0 Å². The van der Waals surface area contributed by atoms with E-state index >= 15 is 0 Å². The number of fused-ring (bicyclic) bond motifs is 2. The van der Waals surface area contributed by atoms with Crippen molar-refractivity contribution in [1.82, 2.24) is 20.1 Å². The third-order valence-corrected chi connectivity index (χ3v) is 5.79. The van der Waals surface area contributed by atoms with Crippen LogP contribution in [0.5, 0.6) is 0 Å². The van der Waals surface area contributed by atoms with Crippen LogP contribution in [0.3, 0.4) is 0 Å². The maximum atomic E-state index is 12.5. The molecule has 0 saturated heterocycles. The highest BCUT2D eigenvalue weighted by Crippen LogP contribution is 2.42. The average molecular weight is 376 g/mol. The van der Waals surface area contributed by atoms with Crippen molar-refractivity contribution in [2.24, 2.45) is 23.5 Å². The molecular formula is C16H27Cl2N5O. The number of rotatable bonds is 4. The van der Waals surface area contributed by atoms with Gasteiger partial charge in [0.05, 0.1) is 6.54 Å². The number of hydrogen-bond donors (Lipinski definition) is 2. The van der Waals surface area contributed by atoms with Crippen molar-refractivity contribution in [3.8, 4) is 0 Å². The highest BCUT2D eigenvalue weighted by Gasteiger charge is 2.40. The number of nitrogens with two attached hydrogens (primary N) is 1. The second-order valence-electron chi connectivity index (χ2n) is 7.30. The van der Waals surface area contributed by atoms with Gasteiger partial charge in [-0.1, -0.05) is 6.42 Å². The number of carbonyl (C=O) groups excluding carboxylic acids is 1. The molecule has 0 radical (unpaired) electrons. The van der Waals surface area contributed by atoms with Gasteiger partial charge >= 0.3 is 0 Å². The Labute approximate surface area is 155 Å². The second-order valence-corrected chi connectivity index (χ2v) is 7.30. The van der Waals surface area contributed by atoms with Crippen LogP contribution in [0.1, 0.15) is 56.8 Å². The second kappa shape index (κ2) is 8.02. The van der Waals surface area contributed by atoms with E-state index < -0.39 is 0 Å². The summed E-state index contributed by atoms with van der Waals surface area (Å²) in [7, 11) is 0. The lowest BCUT2D eigenvalue weighted by Crippen LogP contribution is -2.49. The van der Waals surface area contributed by atoms with Crippen LogP contribution < -0.4 is 11.1 Å². The van der Waals surface area contributed by atoms with Gasteiger partial charge in [0.2, 0.25) is 5.91 Å². The molecule has 4 rings (SSSR count). The van der Waals surface area contributed by atoms with Gasteiger partial charge in [-0.25, -0.2) is 0 Å². The molecule has 0 spiro atoms. The van der Waals surface area contributed by atoms with E-state index in [0.717, 1.165) is 18.7 Å². The molecule has 24 heavy (non-hydrogen) atoms. The standard InChI is InChI=1S/C16H25N5O.2ClH/c17-15-10-2-1-3-11(15)7-12(6-10)16(22)18-8-14-20-19-9-21(14)13-4-5-13;;/h9-13,15H,1-8,17H2,(H,18,22);2*1H. The number of aromatic nitrogens is 3. The van der Waals surface area contributed by atoms with E-state index in [1.54, 1.807) is 6.33 Å². The van der Waals surface area contributed by atoms with Crippen molar-refractivity contribution in [2.75, 3.05) is 0 Å². The Morgan fingerprint density at radius 1 is 1.21 bits per heavy atom. The minimum atomic E-state index is 0. The van der Waals surface area contributed by atoms with Gasteiger partial charge in [-0.3, -0.25) is 4.79 Å². The summed E-state index contributed by atoms with van der Waals surface area (Å²) in [6.07, 6.45) is 9.75. The molecule has 3 aliphatic rings. The van der Waals surface area contributed by atoms with E-state index in [1.807, 2.05) is 0 Å². The molecule has 2 unspecified atom stereocenters. The maximum absolute atomic E-state index is 12.5. The van der Waals surface area contributed by atoms with Crippen LogP contribution in [-0.2, 0) is 11.3 Å². The molecule has 1 aromatic heterocycles. The number of nitrogens with zero attached hydrogens (tertiary/aromatic N) is 3. The molecule has 1 amide bonds. The lowest BCUT2D eigenvalue weighted by atomic mass is 9.65. The monoisotopic (exact) mass is 375 g/mol. The maximum Gasteiger partial charge on any atom is 0.223 e. The van der Waals surface area contributed by atoms with E-state index in [1.165, 1.54) is 32.1 Å². The highest BCUT2D eigenvalue weighted by molar-refractivity contribution is 5.85. The predicted octanol–water partition coefficient (Wildman–Crippen LogP) is 2.23. The lowest BCUT2D eigenvalue weighted by Gasteiger charge is -2.43. The fourth-order valence-corrected chi connectivity index (χ4v) is 4.36. The van der Waals surface area contributed by atoms with Crippen molar-refractivity contribution < 1.29 is 4.79 Å². The van der Waals surface area contributed by atoms with Gasteiger partial charge in [-0.05, 0) is 50.4 Å². The van der Waals surface area contributed by atoms with Gasteiger partial charge in [0, 0.05) is 18.0 Å². The Hall–Kier alpha value is -0.850. The number of amides is 1. The van der Waals surface area contributed by atoms with Gasteiger partial charge in [0.15, 0.2) is 5.82 Å². The highest BCUT2D eigenvalue weighted by atomic mass is 35.5. The summed E-state index contributed by atoms with van der Waals surface area (Å²) >= 11 is 0. The summed E-state index contributed by atoms with van der Waals surface area (Å²) in [5, 5.41) is 11.2. The zero-order valence-electron chi connectivity index (χ0n) is 13.8. The average Bonchev–Trinajstić information content (AvgIpc) is 3.23. The lowest BCUT2D eigenvalue weighted by molar-refractivity contribution is -0.128. The summed E-state index contributed by atoms with van der Waals surface area (Å²) < 4.78 is 2.10. The summed E-state index contributed by atoms with van der Waals surface area (Å²) in [4.78, 5) is 12.5. The van der Waals surface area contributed by atoms with E-state index in [9.17, 15) is 4.79 Å². The van der Waals surface area contributed by atoms with Crippen LogP contribution in [-0.4, -0.2) is 26.7 Å². The quantitative estimate of drug-likeness (QED) is 0.844. The van der Waals surface area contributed by atoms with Crippen molar-refractivity contribution in [2.45, 2.75) is 63.6 Å². The van der Waals surface area contributed by atoms with Crippen LogP contribution in [0, 0.1) is 17.8 Å². The Bertz CT molecular complexity index is 548. The van der Waals surface area contributed by atoms with Gasteiger partial charge in [0.25, 0.3) is 0 Å². The summed E-state index contributed by atoms with van der Waals surface area (Å²) in [6.45, 7) is 0.493. The molecular weight excluding hydrogens is 349 g/mol. The predicted molar refractivity (Wildman–Crippen MR) is 96.2 cm³/mol. The minimum absolute atomic E-state index is 0. The molecule has 3 saturated carbocycles. The first kappa shape index (κ1) is 19.5. The molecule has 136 valence electrons. The molecule has 1 aromatic rings. The molecule has 1 heterocycles. The molecule has 0 aliphatic heterocycles. The minimum Gasteiger partial charge on any atom is -0.349 e. The molecule has 0 aromatic carbocycles. The number of halogens is 2. The SMILES string of the molecule is Cl.Cl.NC1C2CCCC1CC(C(=O)NCc1nncn1C1CC1)C2. The number of hydrogen-bond acceptors (Lipinski definition) is 4. The van der Waals surface area contributed by atoms with Gasteiger partial charge in [0.1, 0.15) is 6.33 Å². The molecule has 6 nitrogen and oxygen atoms in total. The molecule has 3 aliphatic carbocycles. The topological polar surface area (TPSA) is 85.8 Å². The largest absolute Gasteiger partial charge is 0.349 e. The first-order valence-electron chi connectivity index (χ1n) is 8.64. The van der Waals surface area contributed by atoms with E-state index in [2.05, 4.69) is 20.1 Å². The van der Waals surface area contributed by atoms with E-state index in [4.69, 9.17) is 5.73 Å². The first-order valence-corrected chi connectivity index (χ1v) is 8.64. The van der Waals surface area contributed by atoms with Crippen LogP contribution in [0.15, 0.2) is 6.33 Å². The zero-order valence-corrected chi connectivity index (χ0v) is 15.4. The Balaban J connectivity index is 0.00000104. The number of carbonyl (C=O) groups is 1. The third kappa shape index (κ3) is 3.86. The number of nitrogens with one attached hydrogen (secondary N) is 1. The van der Waals surface area contributed by atoms with Crippen molar-refractivity contribution in [3.05, 3.63) is 12.2 Å². The van der Waals surface area contributed by atoms with Gasteiger partial charge in [-0.15, -0.1) is 35.0 Å². The molecule has 3 fully saturated rings. The summed E-state index contributed by atoms with van der Waals surface area (Å²) in [5.41, 5.74) is 6.30.